The summed E-state index contributed by atoms with van der Waals surface area (Å²) < 4.78 is 11.0. The van der Waals surface area contributed by atoms with Crippen molar-refractivity contribution in [1.82, 2.24) is 0 Å². The normalized spacial score (nSPS) is 11.6. The van der Waals surface area contributed by atoms with Crippen LogP contribution in [-0.4, -0.2) is 24.6 Å². The summed E-state index contributed by atoms with van der Waals surface area (Å²) in [5.41, 5.74) is 3.10. The number of aryl methyl sites for hydroxylation is 2. The Morgan fingerprint density at radius 3 is 2.41 bits per heavy atom. The Kier molecular flexibility index (Phi) is 8.71. The molecule has 0 aromatic heterocycles. The summed E-state index contributed by atoms with van der Waals surface area (Å²) in [6.45, 7) is 8.27. The largest absolute Gasteiger partial charge is 0.494 e. The number of anilines is 1. The van der Waals surface area contributed by atoms with Crippen LogP contribution >= 0.6 is 0 Å². The van der Waals surface area contributed by atoms with E-state index in [1.807, 2.05) is 32.0 Å². The molecule has 1 amide bonds. The summed E-state index contributed by atoms with van der Waals surface area (Å²) in [5.74, 6) is -0.180. The molecule has 0 saturated heterocycles. The minimum Gasteiger partial charge on any atom is -0.494 e. The van der Waals surface area contributed by atoms with Crippen molar-refractivity contribution in [3.8, 4) is 5.75 Å². The molecule has 0 aliphatic heterocycles. The molecular formula is C24H31NO4. The lowest BCUT2D eigenvalue weighted by atomic mass is 10.1. The smallest absolute Gasteiger partial charge is 0.338 e. The number of benzene rings is 2. The quantitative estimate of drug-likeness (QED) is 0.428. The van der Waals surface area contributed by atoms with Gasteiger partial charge < -0.3 is 14.8 Å². The monoisotopic (exact) mass is 397 g/mol. The van der Waals surface area contributed by atoms with Crippen LogP contribution in [0, 0.1) is 13.8 Å². The van der Waals surface area contributed by atoms with Gasteiger partial charge in [-0.25, -0.2) is 4.79 Å². The van der Waals surface area contributed by atoms with Crippen LogP contribution in [-0.2, 0) is 9.53 Å². The van der Waals surface area contributed by atoms with Crippen molar-refractivity contribution in [3.63, 3.8) is 0 Å². The van der Waals surface area contributed by atoms with Gasteiger partial charge in [0.1, 0.15) is 5.75 Å². The summed E-state index contributed by atoms with van der Waals surface area (Å²) in [6.07, 6.45) is 3.67. The SMILES string of the molecule is CCCCCCOc1ccc(C(=O)OC(C)C(=O)Nc2cc(C)ccc2C)cc1. The fourth-order valence-electron chi connectivity index (χ4n) is 2.79. The molecule has 2 rings (SSSR count). The second-order valence-electron chi connectivity index (χ2n) is 7.29. The molecule has 1 unspecified atom stereocenters. The first-order chi connectivity index (χ1) is 13.9. The lowest BCUT2D eigenvalue weighted by Gasteiger charge is -2.15. The Hall–Kier alpha value is -2.82. The van der Waals surface area contributed by atoms with E-state index < -0.39 is 12.1 Å². The van der Waals surface area contributed by atoms with Gasteiger partial charge in [-0.3, -0.25) is 4.79 Å². The van der Waals surface area contributed by atoms with Crippen LogP contribution in [0.25, 0.3) is 0 Å². The number of esters is 1. The first-order valence-electron chi connectivity index (χ1n) is 10.2. The molecule has 1 N–H and O–H groups in total. The topological polar surface area (TPSA) is 64.6 Å². The lowest BCUT2D eigenvalue weighted by Crippen LogP contribution is -2.30. The zero-order valence-corrected chi connectivity index (χ0v) is 17.8. The molecule has 0 aliphatic rings. The highest BCUT2D eigenvalue weighted by molar-refractivity contribution is 5.97. The highest BCUT2D eigenvalue weighted by atomic mass is 16.5. The molecule has 1 atom stereocenters. The molecule has 5 nitrogen and oxygen atoms in total. The van der Waals surface area contributed by atoms with Crippen molar-refractivity contribution < 1.29 is 19.1 Å². The summed E-state index contributed by atoms with van der Waals surface area (Å²) in [5, 5.41) is 2.82. The molecule has 0 fully saturated rings. The van der Waals surface area contributed by atoms with Gasteiger partial charge in [-0.05, 0) is 68.7 Å². The van der Waals surface area contributed by atoms with Crippen LogP contribution in [0.15, 0.2) is 42.5 Å². The van der Waals surface area contributed by atoms with Crippen molar-refractivity contribution in [2.45, 2.75) is 59.5 Å². The number of ether oxygens (including phenoxy) is 2. The van der Waals surface area contributed by atoms with Crippen LogP contribution in [0.2, 0.25) is 0 Å². The molecular weight excluding hydrogens is 366 g/mol. The van der Waals surface area contributed by atoms with E-state index in [2.05, 4.69) is 12.2 Å². The van der Waals surface area contributed by atoms with Crippen LogP contribution in [0.4, 0.5) is 5.69 Å². The third-order valence-electron chi connectivity index (χ3n) is 4.66. The second-order valence-corrected chi connectivity index (χ2v) is 7.29. The van der Waals surface area contributed by atoms with Crippen molar-refractivity contribution in [2.24, 2.45) is 0 Å². The van der Waals surface area contributed by atoms with Gasteiger partial charge in [-0.15, -0.1) is 0 Å². The molecule has 0 heterocycles. The van der Waals surface area contributed by atoms with Crippen molar-refractivity contribution in [1.29, 1.82) is 0 Å². The van der Waals surface area contributed by atoms with Gasteiger partial charge in [0.15, 0.2) is 6.10 Å². The molecule has 0 radical (unpaired) electrons. The van der Waals surface area contributed by atoms with E-state index in [9.17, 15) is 9.59 Å². The predicted molar refractivity (Wildman–Crippen MR) is 116 cm³/mol. The van der Waals surface area contributed by atoms with Crippen LogP contribution in [0.1, 0.15) is 61.0 Å². The van der Waals surface area contributed by atoms with Gasteiger partial charge in [0, 0.05) is 5.69 Å². The minimum atomic E-state index is -0.906. The highest BCUT2D eigenvalue weighted by Crippen LogP contribution is 2.18. The van der Waals surface area contributed by atoms with Crippen molar-refractivity contribution in [2.75, 3.05) is 11.9 Å². The van der Waals surface area contributed by atoms with E-state index in [1.165, 1.54) is 12.8 Å². The first kappa shape index (κ1) is 22.5. The van der Waals surface area contributed by atoms with Gasteiger partial charge in [0.05, 0.1) is 12.2 Å². The Bertz CT molecular complexity index is 814. The maximum Gasteiger partial charge on any atom is 0.338 e. The second kappa shape index (κ2) is 11.2. The van der Waals surface area contributed by atoms with E-state index in [0.717, 1.165) is 35.4 Å². The maximum atomic E-state index is 12.4. The third kappa shape index (κ3) is 7.26. The van der Waals surface area contributed by atoms with Crippen molar-refractivity contribution >= 4 is 17.6 Å². The zero-order chi connectivity index (χ0) is 21.2. The third-order valence-corrected chi connectivity index (χ3v) is 4.66. The van der Waals surface area contributed by atoms with Crippen molar-refractivity contribution in [3.05, 3.63) is 59.2 Å². The number of unbranched alkanes of at least 4 members (excludes halogenated alkanes) is 3. The highest BCUT2D eigenvalue weighted by Gasteiger charge is 2.19. The predicted octanol–water partition coefficient (Wildman–Crippen LogP) is 5.45. The van der Waals surface area contributed by atoms with Gasteiger partial charge in [-0.1, -0.05) is 38.3 Å². The number of carbonyl (C=O) groups excluding carboxylic acids is 2. The number of carbonyl (C=O) groups is 2. The molecule has 5 heteroatoms. The van der Waals surface area contributed by atoms with E-state index >= 15 is 0 Å². The standard InChI is InChI=1S/C24H31NO4/c1-5-6-7-8-15-28-21-13-11-20(12-14-21)24(27)29-19(4)23(26)25-22-16-17(2)9-10-18(22)3/h9-14,16,19H,5-8,15H2,1-4H3,(H,25,26). The fourth-order valence-corrected chi connectivity index (χ4v) is 2.79. The number of rotatable bonds is 10. The lowest BCUT2D eigenvalue weighted by molar-refractivity contribution is -0.123. The summed E-state index contributed by atoms with van der Waals surface area (Å²) >= 11 is 0. The molecule has 0 saturated carbocycles. The fraction of sp³-hybridized carbons (Fsp3) is 0.417. The average Bonchev–Trinajstić information content (AvgIpc) is 2.71. The molecule has 2 aromatic carbocycles. The Morgan fingerprint density at radius 2 is 1.72 bits per heavy atom. The van der Waals surface area contributed by atoms with Crippen LogP contribution < -0.4 is 10.1 Å². The van der Waals surface area contributed by atoms with E-state index in [4.69, 9.17) is 9.47 Å². The van der Waals surface area contributed by atoms with Crippen LogP contribution in [0.5, 0.6) is 5.75 Å². The van der Waals surface area contributed by atoms with Gasteiger partial charge in [-0.2, -0.15) is 0 Å². The van der Waals surface area contributed by atoms with Gasteiger partial charge >= 0.3 is 5.97 Å². The number of amides is 1. The molecule has 29 heavy (non-hydrogen) atoms. The number of nitrogens with one attached hydrogen (secondary N) is 1. The molecule has 0 bridgehead atoms. The number of hydrogen-bond acceptors (Lipinski definition) is 4. The van der Waals surface area contributed by atoms with Gasteiger partial charge in [0.25, 0.3) is 5.91 Å². The Labute approximate surface area is 173 Å². The number of hydrogen-bond donors (Lipinski definition) is 1. The zero-order valence-electron chi connectivity index (χ0n) is 17.8. The molecule has 156 valence electrons. The summed E-state index contributed by atoms with van der Waals surface area (Å²) in [4.78, 5) is 24.7. The minimum absolute atomic E-state index is 0.362. The summed E-state index contributed by atoms with van der Waals surface area (Å²) in [7, 11) is 0. The van der Waals surface area contributed by atoms with Gasteiger partial charge in [0.2, 0.25) is 0 Å². The Morgan fingerprint density at radius 1 is 1.00 bits per heavy atom. The molecule has 2 aromatic rings. The first-order valence-corrected chi connectivity index (χ1v) is 10.2. The summed E-state index contributed by atoms with van der Waals surface area (Å²) in [6, 6.07) is 12.6. The van der Waals surface area contributed by atoms with E-state index in [1.54, 1.807) is 31.2 Å². The molecule has 0 aliphatic carbocycles. The maximum absolute atomic E-state index is 12.4. The Balaban J connectivity index is 1.85. The average molecular weight is 398 g/mol. The van der Waals surface area contributed by atoms with E-state index in [0.29, 0.717) is 12.2 Å². The molecule has 0 spiro atoms. The van der Waals surface area contributed by atoms with E-state index in [-0.39, 0.29) is 5.91 Å². The van der Waals surface area contributed by atoms with Crippen LogP contribution in [0.3, 0.4) is 0 Å².